The molecule has 2 aromatic carbocycles. The van der Waals surface area contributed by atoms with Crippen molar-refractivity contribution in [2.75, 3.05) is 13.7 Å². The molecule has 1 heterocycles. The van der Waals surface area contributed by atoms with E-state index in [0.29, 0.717) is 6.61 Å². The molecule has 2 nitrogen and oxygen atoms in total. The van der Waals surface area contributed by atoms with Gasteiger partial charge in [-0.15, -0.1) is 0 Å². The Hall–Kier alpha value is -1.94. The van der Waals surface area contributed by atoms with E-state index < -0.39 is 8.32 Å². The van der Waals surface area contributed by atoms with Gasteiger partial charge in [0, 0.05) is 7.11 Å². The van der Waals surface area contributed by atoms with Crippen molar-refractivity contribution < 1.29 is 9.16 Å². The van der Waals surface area contributed by atoms with E-state index in [1.54, 1.807) is 7.11 Å². The van der Waals surface area contributed by atoms with E-state index in [4.69, 9.17) is 9.16 Å². The van der Waals surface area contributed by atoms with Crippen LogP contribution < -0.4 is 10.4 Å². The lowest BCUT2D eigenvalue weighted by Crippen LogP contribution is -2.66. The molecule has 0 amide bonds. The molecule has 0 N–H and O–H groups in total. The third-order valence-electron chi connectivity index (χ3n) is 5.29. The van der Waals surface area contributed by atoms with Crippen LogP contribution in [-0.4, -0.2) is 28.1 Å². The normalized spacial score (nSPS) is 21.2. The highest BCUT2D eigenvalue weighted by molar-refractivity contribution is 7.03. The van der Waals surface area contributed by atoms with Crippen LogP contribution in [0.15, 0.2) is 83.1 Å². The van der Waals surface area contributed by atoms with Crippen molar-refractivity contribution in [3.63, 3.8) is 0 Å². The number of ether oxygens (including phenoxy) is 1. The summed E-state index contributed by atoms with van der Waals surface area (Å²) in [7, 11) is -0.791. The van der Waals surface area contributed by atoms with E-state index in [-0.39, 0.29) is 6.10 Å². The van der Waals surface area contributed by atoms with Crippen LogP contribution in [0.3, 0.4) is 0 Å². The summed E-state index contributed by atoms with van der Waals surface area (Å²) < 4.78 is 12.7. The second-order valence-corrected chi connectivity index (χ2v) is 10.0. The fraction of sp³-hybridized carbons (Fsp3) is 0.304. The van der Waals surface area contributed by atoms with E-state index in [1.165, 1.54) is 26.7 Å². The van der Waals surface area contributed by atoms with E-state index in [1.807, 2.05) is 0 Å². The van der Waals surface area contributed by atoms with Crippen molar-refractivity contribution in [3.8, 4) is 0 Å². The van der Waals surface area contributed by atoms with Gasteiger partial charge in [0.25, 0.3) is 8.32 Å². The highest BCUT2D eigenvalue weighted by Crippen LogP contribution is 2.36. The first-order valence-corrected chi connectivity index (χ1v) is 11.2. The summed E-state index contributed by atoms with van der Waals surface area (Å²) in [5.74, 6) is 0. The van der Waals surface area contributed by atoms with Gasteiger partial charge in [-0.25, -0.2) is 0 Å². The quantitative estimate of drug-likeness (QED) is 0.747. The van der Waals surface area contributed by atoms with Crippen molar-refractivity contribution in [2.45, 2.75) is 33.3 Å². The third-order valence-corrected chi connectivity index (χ3v) is 9.57. The zero-order valence-electron chi connectivity index (χ0n) is 16.2. The SMILES string of the molecule is C/C=C1/C(COC)=C(C)C(CC)O[Si]1(c1ccccc1)c1ccccc1. The molecule has 0 aromatic heterocycles. The maximum atomic E-state index is 7.04. The summed E-state index contributed by atoms with van der Waals surface area (Å²) in [5.41, 5.74) is 2.62. The molecule has 136 valence electrons. The van der Waals surface area contributed by atoms with Crippen molar-refractivity contribution in [1.29, 1.82) is 0 Å². The lowest BCUT2D eigenvalue weighted by atomic mass is 10.0. The molecule has 0 fully saturated rings. The molecular weight excluding hydrogens is 336 g/mol. The van der Waals surface area contributed by atoms with Gasteiger partial charge in [-0.1, -0.05) is 73.7 Å². The molecule has 1 unspecified atom stereocenters. The standard InChI is InChI=1S/C23H28O2Si/c1-5-22-18(3)21(17-24-4)23(6-2)26(25-22,19-13-9-7-10-14-19)20-15-11-8-12-16-20/h6-16,22H,5,17H2,1-4H3/b23-6-. The molecular formula is C23H28O2Si. The molecule has 0 bridgehead atoms. The highest BCUT2D eigenvalue weighted by Gasteiger charge is 2.49. The average molecular weight is 365 g/mol. The second-order valence-electron chi connectivity index (χ2n) is 6.72. The first-order chi connectivity index (χ1) is 12.7. The molecule has 0 aliphatic carbocycles. The zero-order valence-corrected chi connectivity index (χ0v) is 17.2. The minimum Gasteiger partial charge on any atom is -0.397 e. The average Bonchev–Trinajstić information content (AvgIpc) is 2.71. The van der Waals surface area contributed by atoms with Gasteiger partial charge in [0.05, 0.1) is 12.7 Å². The van der Waals surface area contributed by atoms with Crippen molar-refractivity contribution in [2.24, 2.45) is 0 Å². The van der Waals surface area contributed by atoms with Crippen LogP contribution in [0.5, 0.6) is 0 Å². The minimum atomic E-state index is -2.57. The van der Waals surface area contributed by atoms with Gasteiger partial charge in [-0.3, -0.25) is 0 Å². The van der Waals surface area contributed by atoms with Crippen LogP contribution in [0, 0.1) is 0 Å². The molecule has 0 saturated carbocycles. The predicted octanol–water partition coefficient (Wildman–Crippen LogP) is 4.00. The van der Waals surface area contributed by atoms with Gasteiger partial charge < -0.3 is 9.16 Å². The van der Waals surface area contributed by atoms with Crippen LogP contribution in [0.2, 0.25) is 0 Å². The summed E-state index contributed by atoms with van der Waals surface area (Å²) in [6, 6.07) is 21.5. The summed E-state index contributed by atoms with van der Waals surface area (Å²) in [6.07, 6.45) is 3.33. The summed E-state index contributed by atoms with van der Waals surface area (Å²) >= 11 is 0. The van der Waals surface area contributed by atoms with Crippen LogP contribution in [0.1, 0.15) is 27.2 Å². The summed E-state index contributed by atoms with van der Waals surface area (Å²) in [5, 5.41) is 3.90. The lowest BCUT2D eigenvalue weighted by Gasteiger charge is -2.44. The number of benzene rings is 2. The first kappa shape index (κ1) is 18.8. The van der Waals surface area contributed by atoms with Gasteiger partial charge in [0.15, 0.2) is 0 Å². The van der Waals surface area contributed by atoms with Crippen molar-refractivity contribution in [1.82, 2.24) is 0 Å². The van der Waals surface area contributed by atoms with Gasteiger partial charge in [0.2, 0.25) is 0 Å². The molecule has 1 aliphatic heterocycles. The molecule has 3 rings (SSSR count). The number of allylic oxidation sites excluding steroid dienone is 1. The summed E-state index contributed by atoms with van der Waals surface area (Å²) in [6.45, 7) is 7.15. The maximum absolute atomic E-state index is 7.04. The fourth-order valence-electron chi connectivity index (χ4n) is 4.05. The molecule has 2 aromatic rings. The lowest BCUT2D eigenvalue weighted by molar-refractivity contribution is 0.203. The molecule has 0 saturated heterocycles. The Kier molecular flexibility index (Phi) is 5.92. The third kappa shape index (κ3) is 3.11. The van der Waals surface area contributed by atoms with Crippen molar-refractivity contribution in [3.05, 3.63) is 83.1 Å². The number of rotatable bonds is 5. The van der Waals surface area contributed by atoms with Crippen LogP contribution in [0.25, 0.3) is 0 Å². The van der Waals surface area contributed by atoms with E-state index >= 15 is 0 Å². The molecule has 0 spiro atoms. The van der Waals surface area contributed by atoms with Gasteiger partial charge in [-0.2, -0.15) is 0 Å². The number of methoxy groups -OCH3 is 1. The minimum absolute atomic E-state index is 0.121. The largest absolute Gasteiger partial charge is 0.397 e. The first-order valence-electron chi connectivity index (χ1n) is 9.33. The monoisotopic (exact) mass is 364 g/mol. The Morgan fingerprint density at radius 3 is 1.96 bits per heavy atom. The highest BCUT2D eigenvalue weighted by atomic mass is 28.4. The Morgan fingerprint density at radius 2 is 1.54 bits per heavy atom. The fourth-order valence-corrected chi connectivity index (χ4v) is 8.60. The molecule has 26 heavy (non-hydrogen) atoms. The van der Waals surface area contributed by atoms with Crippen LogP contribution in [-0.2, 0) is 9.16 Å². The van der Waals surface area contributed by atoms with E-state index in [0.717, 1.165) is 6.42 Å². The Labute approximate surface area is 158 Å². The Bertz CT molecular complexity index is 754. The topological polar surface area (TPSA) is 18.5 Å². The van der Waals surface area contributed by atoms with Gasteiger partial charge in [0.1, 0.15) is 0 Å². The summed E-state index contributed by atoms with van der Waals surface area (Å²) in [4.78, 5) is 0. The van der Waals surface area contributed by atoms with E-state index in [9.17, 15) is 0 Å². The molecule has 1 atom stereocenters. The number of hydrogen-bond acceptors (Lipinski definition) is 2. The maximum Gasteiger partial charge on any atom is 0.288 e. The van der Waals surface area contributed by atoms with Gasteiger partial charge >= 0.3 is 0 Å². The molecule has 0 radical (unpaired) electrons. The smallest absolute Gasteiger partial charge is 0.288 e. The van der Waals surface area contributed by atoms with E-state index in [2.05, 4.69) is 87.5 Å². The Balaban J connectivity index is 2.33. The number of hydrogen-bond donors (Lipinski definition) is 0. The predicted molar refractivity (Wildman–Crippen MR) is 111 cm³/mol. The van der Waals surface area contributed by atoms with Gasteiger partial charge in [-0.05, 0) is 47.0 Å². The van der Waals surface area contributed by atoms with Crippen LogP contribution >= 0.6 is 0 Å². The zero-order chi connectivity index (χ0) is 18.6. The van der Waals surface area contributed by atoms with Crippen LogP contribution in [0.4, 0.5) is 0 Å². The molecule has 3 heteroatoms. The second kappa shape index (κ2) is 8.17. The molecule has 1 aliphatic rings. The Morgan fingerprint density at radius 1 is 1.00 bits per heavy atom. The van der Waals surface area contributed by atoms with Crippen molar-refractivity contribution >= 4 is 18.7 Å².